The Morgan fingerprint density at radius 1 is 1.20 bits per heavy atom. The molecule has 8 nitrogen and oxygen atoms in total. The van der Waals surface area contributed by atoms with Gasteiger partial charge in [0.15, 0.2) is 0 Å². The van der Waals surface area contributed by atoms with Crippen LogP contribution in [0.5, 0.6) is 0 Å². The molecule has 1 aliphatic rings. The smallest absolute Gasteiger partial charge is 0.326 e. The van der Waals surface area contributed by atoms with E-state index in [4.69, 9.17) is 14.2 Å². The highest BCUT2D eigenvalue weighted by molar-refractivity contribution is 7.18. The quantitative estimate of drug-likeness (QED) is 0.440. The van der Waals surface area contributed by atoms with Crippen LogP contribution in [0.25, 0.3) is 10.2 Å². The maximum atomic E-state index is 13.3. The summed E-state index contributed by atoms with van der Waals surface area (Å²) in [5.41, 5.74) is 0.415. The molecule has 1 unspecified atom stereocenters. The van der Waals surface area contributed by atoms with Gasteiger partial charge < -0.3 is 14.2 Å². The third-order valence-corrected chi connectivity index (χ3v) is 6.22. The van der Waals surface area contributed by atoms with Gasteiger partial charge in [-0.25, -0.2) is 4.98 Å². The van der Waals surface area contributed by atoms with Crippen LogP contribution in [0, 0.1) is 6.92 Å². The highest BCUT2D eigenvalue weighted by atomic mass is 32.1. The molecular weight excluding hydrogens is 408 g/mol. The van der Waals surface area contributed by atoms with E-state index in [2.05, 4.69) is 4.98 Å². The molecule has 2 aromatic heterocycles. The summed E-state index contributed by atoms with van der Waals surface area (Å²) in [6.07, 6.45) is 3.21. The van der Waals surface area contributed by atoms with E-state index < -0.39 is 11.9 Å². The van der Waals surface area contributed by atoms with Crippen molar-refractivity contribution in [1.29, 1.82) is 0 Å². The Kier molecular flexibility index (Phi) is 7.60. The molecule has 0 saturated heterocycles. The summed E-state index contributed by atoms with van der Waals surface area (Å²) in [6.45, 7) is 6.61. The van der Waals surface area contributed by atoms with Crippen LogP contribution < -0.4 is 5.56 Å². The molecule has 0 aliphatic heterocycles. The van der Waals surface area contributed by atoms with E-state index in [0.29, 0.717) is 42.3 Å². The first kappa shape index (κ1) is 22.4. The second-order valence-corrected chi connectivity index (χ2v) is 8.28. The van der Waals surface area contributed by atoms with Crippen LogP contribution >= 0.6 is 11.3 Å². The molecule has 0 saturated carbocycles. The third kappa shape index (κ3) is 4.73. The molecule has 30 heavy (non-hydrogen) atoms. The largest absolute Gasteiger partial charge is 0.466 e. The number of rotatable bonds is 9. The molecule has 3 rings (SSSR count). The van der Waals surface area contributed by atoms with Crippen LogP contribution in [0.4, 0.5) is 0 Å². The summed E-state index contributed by atoms with van der Waals surface area (Å²) in [7, 11) is 0. The van der Waals surface area contributed by atoms with Gasteiger partial charge in [-0.2, -0.15) is 0 Å². The first-order valence-corrected chi connectivity index (χ1v) is 11.2. The molecule has 1 aliphatic carbocycles. The molecule has 0 N–H and O–H groups in total. The van der Waals surface area contributed by atoms with Crippen molar-refractivity contribution in [3.63, 3.8) is 0 Å². The Bertz CT molecular complexity index is 980. The summed E-state index contributed by atoms with van der Waals surface area (Å²) >= 11 is 1.45. The number of aryl methyl sites for hydroxylation is 2. The minimum absolute atomic E-state index is 0.140. The van der Waals surface area contributed by atoms with Gasteiger partial charge in [-0.1, -0.05) is 6.92 Å². The first-order valence-electron chi connectivity index (χ1n) is 10.4. The average molecular weight is 437 g/mol. The number of thiophene rings is 1. The van der Waals surface area contributed by atoms with Gasteiger partial charge in [-0.05, 0) is 45.1 Å². The molecule has 0 fully saturated rings. The molecule has 2 heterocycles. The van der Waals surface area contributed by atoms with Gasteiger partial charge in [0, 0.05) is 11.5 Å². The summed E-state index contributed by atoms with van der Waals surface area (Å²) in [6, 6.07) is 0. The topological polar surface area (TPSA) is 96.7 Å². The van der Waals surface area contributed by atoms with Gasteiger partial charge in [0.1, 0.15) is 23.8 Å². The highest BCUT2D eigenvalue weighted by Gasteiger charge is 2.33. The Labute approximate surface area is 179 Å². The minimum Gasteiger partial charge on any atom is -0.466 e. The van der Waals surface area contributed by atoms with Crippen LogP contribution in [-0.2, 0) is 36.8 Å². The molecule has 0 spiro atoms. The van der Waals surface area contributed by atoms with Gasteiger partial charge in [0.25, 0.3) is 5.56 Å². The van der Waals surface area contributed by atoms with E-state index in [-0.39, 0.29) is 24.7 Å². The number of hydrogen-bond donors (Lipinski definition) is 0. The summed E-state index contributed by atoms with van der Waals surface area (Å²) in [5.74, 6) is -0.850. The summed E-state index contributed by atoms with van der Waals surface area (Å²) in [4.78, 5) is 44.2. The molecule has 9 heteroatoms. The van der Waals surface area contributed by atoms with Gasteiger partial charge in [0.2, 0.25) is 0 Å². The highest BCUT2D eigenvalue weighted by Crippen LogP contribution is 2.41. The average Bonchev–Trinajstić information content (AvgIpc) is 3.09. The van der Waals surface area contributed by atoms with Gasteiger partial charge in [-0.3, -0.25) is 19.0 Å². The third-order valence-electron chi connectivity index (χ3n) is 5.06. The second-order valence-electron chi connectivity index (χ2n) is 7.20. The van der Waals surface area contributed by atoms with E-state index in [1.165, 1.54) is 15.9 Å². The van der Waals surface area contributed by atoms with E-state index in [0.717, 1.165) is 29.7 Å². The second kappa shape index (κ2) is 10.2. The Hall–Kier alpha value is -2.26. The number of carbonyl (C=O) groups excluding carboxylic acids is 2. The van der Waals surface area contributed by atoms with Crippen LogP contribution in [0.15, 0.2) is 4.79 Å². The zero-order valence-electron chi connectivity index (χ0n) is 17.7. The monoisotopic (exact) mass is 436 g/mol. The number of aromatic nitrogens is 2. The number of fused-ring (bicyclic) bond motifs is 3. The molecule has 164 valence electrons. The normalized spacial score (nSPS) is 15.8. The molecule has 0 bridgehead atoms. The fourth-order valence-corrected chi connectivity index (χ4v) is 5.03. The van der Waals surface area contributed by atoms with E-state index in [9.17, 15) is 14.4 Å². The summed E-state index contributed by atoms with van der Waals surface area (Å²) in [5, 5.41) is 0.428. The van der Waals surface area contributed by atoms with Gasteiger partial charge in [0.05, 0.1) is 24.5 Å². The lowest BCUT2D eigenvalue weighted by atomic mass is 9.86. The first-order chi connectivity index (χ1) is 14.5. The van der Waals surface area contributed by atoms with E-state index in [1.807, 2.05) is 6.92 Å². The van der Waals surface area contributed by atoms with Gasteiger partial charge in [-0.15, -0.1) is 11.3 Å². The maximum Gasteiger partial charge on any atom is 0.326 e. The Morgan fingerprint density at radius 2 is 2.00 bits per heavy atom. The Balaban J connectivity index is 1.89. The lowest BCUT2D eigenvalue weighted by molar-refractivity contribution is -0.146. The number of nitrogens with zero attached hydrogens (tertiary/aromatic N) is 2. The standard InChI is InChI=1S/C21H28N2O6S/c1-4-9-27-10-11-29-16(24)12-23-13(3)22-19-18(20(23)25)17-14(21(26)28-5-2)7-6-8-15(17)30-19/h14H,4-12H2,1-3H3. The van der Waals surface area contributed by atoms with Crippen molar-refractivity contribution in [2.75, 3.05) is 26.4 Å². The molecular formula is C21H28N2O6S. The van der Waals surface area contributed by atoms with Crippen molar-refractivity contribution in [1.82, 2.24) is 9.55 Å². The van der Waals surface area contributed by atoms with Crippen LogP contribution in [0.1, 0.15) is 55.3 Å². The van der Waals surface area contributed by atoms with Crippen LogP contribution in [-0.4, -0.2) is 47.9 Å². The van der Waals surface area contributed by atoms with Crippen molar-refractivity contribution in [3.8, 4) is 0 Å². The fraction of sp³-hybridized carbons (Fsp3) is 0.619. The lowest BCUT2D eigenvalue weighted by Crippen LogP contribution is -2.30. The van der Waals surface area contributed by atoms with E-state index in [1.54, 1.807) is 13.8 Å². The van der Waals surface area contributed by atoms with Crippen LogP contribution in [0.2, 0.25) is 0 Å². The zero-order chi connectivity index (χ0) is 21.7. The van der Waals surface area contributed by atoms with Crippen molar-refractivity contribution in [3.05, 3.63) is 26.6 Å². The zero-order valence-corrected chi connectivity index (χ0v) is 18.5. The number of ether oxygens (including phenoxy) is 3. The molecule has 0 amide bonds. The van der Waals surface area contributed by atoms with Crippen molar-refractivity contribution in [2.45, 2.75) is 58.9 Å². The molecule has 0 aromatic carbocycles. The van der Waals surface area contributed by atoms with Crippen molar-refractivity contribution in [2.24, 2.45) is 0 Å². The predicted octanol–water partition coefficient (Wildman–Crippen LogP) is 2.72. The van der Waals surface area contributed by atoms with E-state index >= 15 is 0 Å². The fourth-order valence-electron chi connectivity index (χ4n) is 3.72. The summed E-state index contributed by atoms with van der Waals surface area (Å²) < 4.78 is 17.0. The number of esters is 2. The molecule has 0 radical (unpaired) electrons. The Morgan fingerprint density at radius 3 is 2.73 bits per heavy atom. The minimum atomic E-state index is -0.521. The predicted molar refractivity (Wildman–Crippen MR) is 113 cm³/mol. The van der Waals surface area contributed by atoms with Crippen molar-refractivity contribution < 1.29 is 23.8 Å². The SMILES string of the molecule is CCCOCCOC(=O)Cn1c(C)nc2sc3c(c2c1=O)C(C(=O)OCC)CCC3. The molecule has 1 atom stereocenters. The molecule has 2 aromatic rings. The number of carbonyl (C=O) groups is 2. The maximum absolute atomic E-state index is 13.3. The number of hydrogen-bond acceptors (Lipinski definition) is 8. The van der Waals surface area contributed by atoms with Crippen molar-refractivity contribution >= 4 is 33.5 Å². The van der Waals surface area contributed by atoms with Gasteiger partial charge >= 0.3 is 11.9 Å². The van der Waals surface area contributed by atoms with Crippen LogP contribution in [0.3, 0.4) is 0 Å². The lowest BCUT2D eigenvalue weighted by Gasteiger charge is -2.21.